The van der Waals surface area contributed by atoms with Crippen LogP contribution in [0.15, 0.2) is 34.1 Å². The lowest BCUT2D eigenvalue weighted by atomic mass is 10.3. The fourth-order valence-electron chi connectivity index (χ4n) is 2.47. The van der Waals surface area contributed by atoms with E-state index < -0.39 is 26.1 Å². The quantitative estimate of drug-likeness (QED) is 0.680. The molecule has 1 aromatic carbocycles. The number of hydrogen-bond acceptors (Lipinski definition) is 6. The van der Waals surface area contributed by atoms with Crippen molar-refractivity contribution in [2.24, 2.45) is 0 Å². The molecular formula is C15H23N3O6S2. The lowest BCUT2D eigenvalue weighted by molar-refractivity contribution is -0.130. The molecule has 1 aliphatic rings. The van der Waals surface area contributed by atoms with Crippen LogP contribution in [0, 0.1) is 0 Å². The fraction of sp³-hybridized carbons (Fsp3) is 0.533. The van der Waals surface area contributed by atoms with Crippen LogP contribution >= 0.6 is 0 Å². The van der Waals surface area contributed by atoms with Crippen LogP contribution in [-0.4, -0.2) is 78.4 Å². The van der Waals surface area contributed by atoms with E-state index in [9.17, 15) is 21.6 Å². The van der Waals surface area contributed by atoms with Crippen LogP contribution < -0.4 is 4.72 Å². The first-order chi connectivity index (χ1) is 12.1. The number of morpholine rings is 1. The molecule has 1 aromatic rings. The third kappa shape index (κ3) is 4.60. The molecule has 1 saturated heterocycles. The lowest BCUT2D eigenvalue weighted by Crippen LogP contribution is -2.44. The number of nitrogens with one attached hydrogen (secondary N) is 1. The monoisotopic (exact) mass is 405 g/mol. The number of carbonyl (C=O) groups excluding carboxylic acids is 1. The number of benzene rings is 1. The minimum atomic E-state index is -3.95. The molecule has 0 bridgehead atoms. The molecule has 1 fully saturated rings. The Kier molecular flexibility index (Phi) is 6.40. The zero-order chi connectivity index (χ0) is 19.5. The Morgan fingerprint density at radius 3 is 2.08 bits per heavy atom. The van der Waals surface area contributed by atoms with Crippen LogP contribution in [-0.2, 0) is 29.6 Å². The maximum absolute atomic E-state index is 12.5. The van der Waals surface area contributed by atoms with Crippen molar-refractivity contribution in [1.29, 1.82) is 0 Å². The highest BCUT2D eigenvalue weighted by molar-refractivity contribution is 7.89. The summed E-state index contributed by atoms with van der Waals surface area (Å²) in [5.74, 6) is -0.389. The van der Waals surface area contributed by atoms with Gasteiger partial charge in [0.2, 0.25) is 26.0 Å². The molecule has 0 saturated carbocycles. The standard InChI is InChI=1S/C15H23N3O6S2/c1-12(15(19)17(2)3)16-25(20,21)13-4-6-14(7-5-13)26(22,23)18-8-10-24-11-9-18/h4-7,12,16H,8-11H2,1-3H3. The Hall–Kier alpha value is -1.53. The Bertz CT molecular complexity index is 844. The molecule has 1 N–H and O–H groups in total. The predicted octanol–water partition coefficient (Wildman–Crippen LogP) is -0.537. The highest BCUT2D eigenvalue weighted by Gasteiger charge is 2.27. The summed E-state index contributed by atoms with van der Waals surface area (Å²) < 4.78 is 58.6. The van der Waals surface area contributed by atoms with E-state index in [1.807, 2.05) is 0 Å². The van der Waals surface area contributed by atoms with Crippen LogP contribution in [0.4, 0.5) is 0 Å². The minimum Gasteiger partial charge on any atom is -0.379 e. The normalized spacial score (nSPS) is 17.7. The molecule has 0 aliphatic carbocycles. The zero-order valence-electron chi connectivity index (χ0n) is 14.9. The van der Waals surface area contributed by atoms with Crippen molar-refractivity contribution in [3.8, 4) is 0 Å². The third-order valence-electron chi connectivity index (χ3n) is 3.88. The average Bonchev–Trinajstić information content (AvgIpc) is 2.61. The molecule has 1 atom stereocenters. The molecular weight excluding hydrogens is 382 g/mol. The first kappa shape index (κ1) is 20.8. The van der Waals surface area contributed by atoms with Gasteiger partial charge >= 0.3 is 0 Å². The van der Waals surface area contributed by atoms with E-state index in [4.69, 9.17) is 4.74 Å². The van der Waals surface area contributed by atoms with Gasteiger partial charge in [0.25, 0.3) is 0 Å². The topological polar surface area (TPSA) is 113 Å². The van der Waals surface area contributed by atoms with Crippen LogP contribution in [0.5, 0.6) is 0 Å². The van der Waals surface area contributed by atoms with Gasteiger partial charge in [-0.05, 0) is 31.2 Å². The zero-order valence-corrected chi connectivity index (χ0v) is 16.5. The molecule has 11 heteroatoms. The summed E-state index contributed by atoms with van der Waals surface area (Å²) in [4.78, 5) is 13.0. The predicted molar refractivity (Wildman–Crippen MR) is 94.5 cm³/mol. The smallest absolute Gasteiger partial charge is 0.243 e. The van der Waals surface area contributed by atoms with Gasteiger partial charge in [-0.3, -0.25) is 4.79 Å². The van der Waals surface area contributed by atoms with Crippen LogP contribution in [0.1, 0.15) is 6.92 Å². The molecule has 9 nitrogen and oxygen atoms in total. The highest BCUT2D eigenvalue weighted by Crippen LogP contribution is 2.19. The van der Waals surface area contributed by atoms with Crippen LogP contribution in [0.3, 0.4) is 0 Å². The maximum Gasteiger partial charge on any atom is 0.243 e. The Morgan fingerprint density at radius 1 is 1.08 bits per heavy atom. The summed E-state index contributed by atoms with van der Waals surface area (Å²) in [7, 11) is -4.59. The van der Waals surface area contributed by atoms with Crippen molar-refractivity contribution >= 4 is 26.0 Å². The van der Waals surface area contributed by atoms with Crippen LogP contribution in [0.2, 0.25) is 0 Å². The van der Waals surface area contributed by atoms with Gasteiger partial charge in [0.15, 0.2) is 0 Å². The number of hydrogen-bond donors (Lipinski definition) is 1. The average molecular weight is 405 g/mol. The molecule has 1 unspecified atom stereocenters. The van der Waals surface area contributed by atoms with Crippen molar-refractivity contribution in [2.45, 2.75) is 22.8 Å². The number of carbonyl (C=O) groups is 1. The Balaban J connectivity index is 2.19. The van der Waals surface area contributed by atoms with Gasteiger partial charge in [-0.15, -0.1) is 0 Å². The summed E-state index contributed by atoms with van der Waals surface area (Å²) in [6.07, 6.45) is 0. The largest absolute Gasteiger partial charge is 0.379 e. The highest BCUT2D eigenvalue weighted by atomic mass is 32.2. The molecule has 1 heterocycles. The summed E-state index contributed by atoms with van der Waals surface area (Å²) in [5, 5.41) is 0. The van der Waals surface area contributed by atoms with Gasteiger partial charge in [-0.25, -0.2) is 16.8 Å². The molecule has 0 spiro atoms. The Labute approximate surface area is 154 Å². The van der Waals surface area contributed by atoms with Crippen molar-refractivity contribution in [2.75, 3.05) is 40.4 Å². The maximum atomic E-state index is 12.5. The molecule has 0 radical (unpaired) electrons. The fourth-order valence-corrected chi connectivity index (χ4v) is 5.07. The van der Waals surface area contributed by atoms with Crippen LogP contribution in [0.25, 0.3) is 0 Å². The summed E-state index contributed by atoms with van der Waals surface area (Å²) in [6.45, 7) is 2.61. The molecule has 26 heavy (non-hydrogen) atoms. The number of rotatable bonds is 6. The number of amides is 1. The third-order valence-corrected chi connectivity index (χ3v) is 7.35. The van der Waals surface area contributed by atoms with E-state index in [1.165, 1.54) is 54.5 Å². The first-order valence-corrected chi connectivity index (χ1v) is 10.9. The van der Waals surface area contributed by atoms with Crippen molar-refractivity contribution < 1.29 is 26.4 Å². The number of likely N-dealkylation sites (N-methyl/N-ethyl adjacent to an activating group) is 1. The second kappa shape index (κ2) is 8.01. The van der Waals surface area contributed by atoms with E-state index in [1.54, 1.807) is 0 Å². The van der Waals surface area contributed by atoms with Gasteiger partial charge in [0.1, 0.15) is 0 Å². The summed E-state index contributed by atoms with van der Waals surface area (Å²) in [5.41, 5.74) is 0. The first-order valence-electron chi connectivity index (χ1n) is 7.97. The number of ether oxygens (including phenoxy) is 1. The van der Waals surface area contributed by atoms with E-state index >= 15 is 0 Å². The lowest BCUT2D eigenvalue weighted by Gasteiger charge is -2.26. The number of nitrogens with zero attached hydrogens (tertiary/aromatic N) is 2. The van der Waals surface area contributed by atoms with Gasteiger partial charge < -0.3 is 9.64 Å². The second-order valence-corrected chi connectivity index (χ2v) is 9.72. The second-order valence-electron chi connectivity index (χ2n) is 6.06. The van der Waals surface area contributed by atoms with Crippen molar-refractivity contribution in [3.63, 3.8) is 0 Å². The van der Waals surface area contributed by atoms with E-state index in [0.29, 0.717) is 13.2 Å². The minimum absolute atomic E-state index is 0.00997. The summed E-state index contributed by atoms with van der Waals surface area (Å²) in [6, 6.07) is 3.98. The molecule has 1 aliphatic heterocycles. The molecule has 1 amide bonds. The summed E-state index contributed by atoms with van der Waals surface area (Å²) >= 11 is 0. The van der Waals surface area contributed by atoms with Gasteiger partial charge in [0, 0.05) is 27.2 Å². The van der Waals surface area contributed by atoms with Gasteiger partial charge in [0.05, 0.1) is 29.0 Å². The van der Waals surface area contributed by atoms with Crippen molar-refractivity contribution in [1.82, 2.24) is 13.9 Å². The number of sulfonamides is 2. The van der Waals surface area contributed by atoms with Gasteiger partial charge in [-0.2, -0.15) is 9.03 Å². The Morgan fingerprint density at radius 2 is 1.58 bits per heavy atom. The SMILES string of the molecule is CC(NS(=O)(=O)c1ccc(S(=O)(=O)N2CCOCC2)cc1)C(=O)N(C)C. The molecule has 2 rings (SSSR count). The molecule has 146 valence electrons. The molecule has 0 aromatic heterocycles. The van der Waals surface area contributed by atoms with E-state index in [2.05, 4.69) is 4.72 Å². The van der Waals surface area contributed by atoms with Crippen molar-refractivity contribution in [3.05, 3.63) is 24.3 Å². The van der Waals surface area contributed by atoms with E-state index in [0.717, 1.165) is 0 Å². The van der Waals surface area contributed by atoms with E-state index in [-0.39, 0.29) is 28.8 Å². The van der Waals surface area contributed by atoms with Gasteiger partial charge in [-0.1, -0.05) is 0 Å².